The summed E-state index contributed by atoms with van der Waals surface area (Å²) in [7, 11) is 0. The van der Waals surface area contributed by atoms with Gasteiger partial charge in [0.15, 0.2) is 4.34 Å². The van der Waals surface area contributed by atoms with Gasteiger partial charge in [-0.1, -0.05) is 66.0 Å². The largest absolute Gasteiger partial charge is 0.374 e. The number of hydrogen-bond donors (Lipinski definition) is 1. The molecule has 1 aliphatic rings. The minimum absolute atomic E-state index is 0.0477. The van der Waals surface area contributed by atoms with Gasteiger partial charge in [-0.25, -0.2) is 0 Å². The standard InChI is InChI=1S/C18H16N4OS3/c1-2-13(25-18-21-20-17(19)26-18)16(23)22-11-7-3-5-9-14(11)24-15-10-6-4-8-12(15)22/h3-10,13H,2H2,1H3,(H2,19,20)/t13-/m1/s1. The third-order valence-corrected chi connectivity index (χ3v) is 7.28. The summed E-state index contributed by atoms with van der Waals surface area (Å²) in [4.78, 5) is 17.5. The fourth-order valence-electron chi connectivity index (χ4n) is 2.78. The fraction of sp³-hybridized carbons (Fsp3) is 0.167. The molecule has 1 atom stereocenters. The first-order valence-corrected chi connectivity index (χ1v) is 10.6. The maximum absolute atomic E-state index is 13.5. The van der Waals surface area contributed by atoms with Crippen LogP contribution in [-0.4, -0.2) is 21.4 Å². The Bertz CT molecular complexity index is 913. The van der Waals surface area contributed by atoms with Crippen molar-refractivity contribution in [2.75, 3.05) is 10.6 Å². The number of carbonyl (C=O) groups excluding carboxylic acids is 1. The van der Waals surface area contributed by atoms with E-state index in [9.17, 15) is 4.79 Å². The lowest BCUT2D eigenvalue weighted by molar-refractivity contribution is -0.117. The molecule has 0 spiro atoms. The smallest absolute Gasteiger partial charge is 0.245 e. The van der Waals surface area contributed by atoms with Gasteiger partial charge >= 0.3 is 0 Å². The van der Waals surface area contributed by atoms with Crippen LogP contribution in [0.1, 0.15) is 13.3 Å². The molecule has 0 fully saturated rings. The van der Waals surface area contributed by atoms with Crippen molar-refractivity contribution >= 4 is 57.3 Å². The number of nitrogens with zero attached hydrogens (tertiary/aromatic N) is 3. The monoisotopic (exact) mass is 400 g/mol. The van der Waals surface area contributed by atoms with Crippen LogP contribution in [0.15, 0.2) is 62.7 Å². The lowest BCUT2D eigenvalue weighted by Crippen LogP contribution is -2.35. The van der Waals surface area contributed by atoms with Crippen LogP contribution < -0.4 is 10.6 Å². The Morgan fingerprint density at radius 2 is 1.73 bits per heavy atom. The van der Waals surface area contributed by atoms with Crippen LogP contribution in [0, 0.1) is 0 Å². The van der Waals surface area contributed by atoms with Gasteiger partial charge in [-0.3, -0.25) is 9.69 Å². The molecule has 0 saturated carbocycles. The quantitative estimate of drug-likeness (QED) is 0.633. The molecular formula is C18H16N4OS3. The summed E-state index contributed by atoms with van der Waals surface area (Å²) in [5.74, 6) is 0.0477. The van der Waals surface area contributed by atoms with Gasteiger partial charge in [0.05, 0.1) is 16.6 Å². The first-order valence-electron chi connectivity index (χ1n) is 8.13. The number of aromatic nitrogens is 2. The van der Waals surface area contributed by atoms with Crippen molar-refractivity contribution in [3.63, 3.8) is 0 Å². The van der Waals surface area contributed by atoms with Crippen LogP contribution in [0.5, 0.6) is 0 Å². The molecule has 2 aromatic carbocycles. The predicted octanol–water partition coefficient (Wildman–Crippen LogP) is 4.82. The van der Waals surface area contributed by atoms with E-state index < -0.39 is 0 Å². The average Bonchev–Trinajstić information content (AvgIpc) is 3.08. The molecule has 0 aliphatic carbocycles. The third-order valence-electron chi connectivity index (χ3n) is 3.96. The first-order chi connectivity index (χ1) is 12.7. The highest BCUT2D eigenvalue weighted by Crippen LogP contribution is 2.48. The number of para-hydroxylation sites is 2. The Labute approximate surface area is 164 Å². The van der Waals surface area contributed by atoms with Crippen molar-refractivity contribution < 1.29 is 4.79 Å². The number of carbonyl (C=O) groups is 1. The number of thioether (sulfide) groups is 1. The van der Waals surface area contributed by atoms with Gasteiger partial charge in [0, 0.05) is 9.79 Å². The Kier molecular flexibility index (Phi) is 4.88. The number of hydrogen-bond acceptors (Lipinski definition) is 7. The van der Waals surface area contributed by atoms with Gasteiger partial charge in [0.25, 0.3) is 0 Å². The Morgan fingerprint density at radius 3 is 2.27 bits per heavy atom. The van der Waals surface area contributed by atoms with Gasteiger partial charge in [0.1, 0.15) is 0 Å². The normalized spacial score (nSPS) is 13.8. The van der Waals surface area contributed by atoms with Gasteiger partial charge in [-0.15, -0.1) is 10.2 Å². The summed E-state index contributed by atoms with van der Waals surface area (Å²) in [5, 5.41) is 8.05. The van der Waals surface area contributed by atoms with Gasteiger partial charge in [-0.2, -0.15) is 0 Å². The Hall–Kier alpha value is -2.03. The van der Waals surface area contributed by atoms with Crippen molar-refractivity contribution in [1.29, 1.82) is 0 Å². The molecule has 26 heavy (non-hydrogen) atoms. The second kappa shape index (κ2) is 7.30. The number of nitrogen functional groups attached to an aromatic ring is 1. The summed E-state index contributed by atoms with van der Waals surface area (Å²) >= 11 is 4.43. The molecule has 4 rings (SSSR count). The maximum Gasteiger partial charge on any atom is 0.245 e. The Balaban J connectivity index is 1.72. The van der Waals surface area contributed by atoms with Gasteiger partial charge in [-0.05, 0) is 30.7 Å². The molecule has 2 N–H and O–H groups in total. The third kappa shape index (κ3) is 3.20. The number of rotatable bonds is 4. The summed E-state index contributed by atoms with van der Waals surface area (Å²) in [6.45, 7) is 2.01. The lowest BCUT2D eigenvalue weighted by Gasteiger charge is -2.33. The van der Waals surface area contributed by atoms with Gasteiger partial charge < -0.3 is 5.73 Å². The first kappa shape index (κ1) is 17.4. The van der Waals surface area contributed by atoms with E-state index in [1.165, 1.54) is 23.1 Å². The van der Waals surface area contributed by atoms with E-state index in [0.717, 1.165) is 25.5 Å². The Morgan fingerprint density at radius 1 is 1.12 bits per heavy atom. The molecule has 0 unspecified atom stereocenters. The van der Waals surface area contributed by atoms with E-state index >= 15 is 0 Å². The van der Waals surface area contributed by atoms with Crippen molar-refractivity contribution in [3.8, 4) is 0 Å². The summed E-state index contributed by atoms with van der Waals surface area (Å²) < 4.78 is 0.718. The van der Waals surface area contributed by atoms with E-state index in [4.69, 9.17) is 5.73 Å². The highest BCUT2D eigenvalue weighted by atomic mass is 32.2. The minimum Gasteiger partial charge on any atom is -0.374 e. The van der Waals surface area contributed by atoms with Crippen LogP contribution in [0.4, 0.5) is 16.5 Å². The van der Waals surface area contributed by atoms with E-state index in [0.29, 0.717) is 11.6 Å². The van der Waals surface area contributed by atoms with Crippen LogP contribution in [-0.2, 0) is 4.79 Å². The highest BCUT2D eigenvalue weighted by Gasteiger charge is 2.32. The molecule has 8 heteroatoms. The van der Waals surface area contributed by atoms with Crippen molar-refractivity contribution in [1.82, 2.24) is 10.2 Å². The molecule has 2 heterocycles. The van der Waals surface area contributed by atoms with Crippen LogP contribution in [0.3, 0.4) is 0 Å². The number of nitrogens with two attached hydrogens (primary N) is 1. The minimum atomic E-state index is -0.258. The molecule has 0 radical (unpaired) electrons. The summed E-state index contributed by atoms with van der Waals surface area (Å²) in [6, 6.07) is 16.0. The molecule has 0 bridgehead atoms. The number of fused-ring (bicyclic) bond motifs is 2. The van der Waals surface area contributed by atoms with E-state index in [2.05, 4.69) is 22.3 Å². The molecule has 1 amide bonds. The van der Waals surface area contributed by atoms with Crippen molar-refractivity contribution in [2.45, 2.75) is 32.7 Å². The van der Waals surface area contributed by atoms with E-state index in [-0.39, 0.29) is 11.2 Å². The van der Waals surface area contributed by atoms with Crippen molar-refractivity contribution in [3.05, 3.63) is 48.5 Å². The lowest BCUT2D eigenvalue weighted by atomic mass is 10.2. The molecule has 1 aliphatic heterocycles. The number of anilines is 3. The number of benzene rings is 2. The van der Waals surface area contributed by atoms with Gasteiger partial charge in [0.2, 0.25) is 11.0 Å². The fourth-order valence-corrected chi connectivity index (χ4v) is 5.69. The zero-order chi connectivity index (χ0) is 18.1. The summed E-state index contributed by atoms with van der Waals surface area (Å²) in [5.41, 5.74) is 7.53. The zero-order valence-electron chi connectivity index (χ0n) is 14.0. The highest BCUT2D eigenvalue weighted by molar-refractivity contribution is 8.02. The van der Waals surface area contributed by atoms with E-state index in [1.807, 2.05) is 48.2 Å². The topological polar surface area (TPSA) is 72.1 Å². The maximum atomic E-state index is 13.5. The van der Waals surface area contributed by atoms with Crippen LogP contribution in [0.2, 0.25) is 0 Å². The average molecular weight is 401 g/mol. The number of amides is 1. The molecule has 0 saturated heterocycles. The van der Waals surface area contributed by atoms with E-state index in [1.54, 1.807) is 11.8 Å². The van der Waals surface area contributed by atoms with Crippen LogP contribution >= 0.6 is 34.9 Å². The summed E-state index contributed by atoms with van der Waals surface area (Å²) in [6.07, 6.45) is 0.691. The second-order valence-electron chi connectivity index (χ2n) is 5.63. The molecule has 1 aromatic heterocycles. The second-order valence-corrected chi connectivity index (χ2v) is 9.17. The SMILES string of the molecule is CC[C@@H](Sc1nnc(N)s1)C(=O)N1c2ccccc2Sc2ccccc21. The van der Waals surface area contributed by atoms with Crippen molar-refractivity contribution in [2.24, 2.45) is 0 Å². The molecule has 3 aromatic rings. The molecule has 132 valence electrons. The molecule has 5 nitrogen and oxygen atoms in total. The molecular weight excluding hydrogens is 384 g/mol. The zero-order valence-corrected chi connectivity index (χ0v) is 16.4. The van der Waals surface area contributed by atoms with Crippen LogP contribution in [0.25, 0.3) is 0 Å². The predicted molar refractivity (Wildman–Crippen MR) is 108 cm³/mol.